The quantitative estimate of drug-likeness (QED) is 0.367. The number of esters is 1. The Labute approximate surface area is 162 Å². The molecule has 1 aromatic rings. The molecule has 0 radical (unpaired) electrons. The van der Waals surface area contributed by atoms with E-state index in [4.69, 9.17) is 16.3 Å². The van der Waals surface area contributed by atoms with E-state index in [0.29, 0.717) is 17.1 Å². The summed E-state index contributed by atoms with van der Waals surface area (Å²) in [6, 6.07) is 5.30. The van der Waals surface area contributed by atoms with Gasteiger partial charge in [0, 0.05) is 28.1 Å². The van der Waals surface area contributed by atoms with Gasteiger partial charge in [0.2, 0.25) is 0 Å². The highest BCUT2D eigenvalue weighted by atomic mass is 35.5. The summed E-state index contributed by atoms with van der Waals surface area (Å²) in [5, 5.41) is 4.07. The van der Waals surface area contributed by atoms with Gasteiger partial charge in [-0.25, -0.2) is 0 Å². The van der Waals surface area contributed by atoms with Gasteiger partial charge in [-0.1, -0.05) is 45.7 Å². The molecular weight excluding hydrogens is 378 g/mol. The Kier molecular flexibility index (Phi) is 8.46. The van der Waals surface area contributed by atoms with Crippen LogP contribution in [0.1, 0.15) is 44.6 Å². The van der Waals surface area contributed by atoms with Crippen LogP contribution in [-0.2, 0) is 14.3 Å². The predicted molar refractivity (Wildman–Crippen MR) is 107 cm³/mol. The number of benzene rings is 1. The van der Waals surface area contributed by atoms with Crippen LogP contribution < -0.4 is 5.32 Å². The van der Waals surface area contributed by atoms with Gasteiger partial charge in [-0.15, -0.1) is 0 Å². The van der Waals surface area contributed by atoms with Gasteiger partial charge in [0.25, 0.3) is 5.91 Å². The molecule has 25 heavy (non-hydrogen) atoms. The molecule has 4 nitrogen and oxygen atoms in total. The Balaban J connectivity index is 1.68. The molecule has 0 unspecified atom stereocenters. The summed E-state index contributed by atoms with van der Waals surface area (Å²) < 4.78 is 5.23. The average molecular weight is 402 g/mol. The maximum Gasteiger partial charge on any atom is 0.306 e. The van der Waals surface area contributed by atoms with Gasteiger partial charge < -0.3 is 10.1 Å². The molecule has 0 bridgehead atoms. The topological polar surface area (TPSA) is 55.4 Å². The fraction of sp³-hybridized carbons (Fsp3) is 0.556. The van der Waals surface area contributed by atoms with E-state index < -0.39 is 6.10 Å². The number of hydrogen-bond acceptors (Lipinski definition) is 5. The second kappa shape index (κ2) is 10.3. The number of carbonyl (C=O) groups excluding carboxylic acids is 2. The van der Waals surface area contributed by atoms with Crippen LogP contribution in [-0.4, -0.2) is 29.0 Å². The Hall–Kier alpha value is -0.850. The summed E-state index contributed by atoms with van der Waals surface area (Å²) in [5.41, 5.74) is 1.42. The maximum atomic E-state index is 12.2. The molecule has 1 aliphatic heterocycles. The van der Waals surface area contributed by atoms with Crippen LogP contribution in [0.2, 0.25) is 5.02 Å². The molecule has 1 amide bonds. The zero-order chi connectivity index (χ0) is 18.2. The van der Waals surface area contributed by atoms with Gasteiger partial charge in [0.05, 0.1) is 0 Å². The smallest absolute Gasteiger partial charge is 0.306 e. The molecule has 1 fully saturated rings. The highest BCUT2D eigenvalue weighted by molar-refractivity contribution is 8.77. The Morgan fingerprint density at radius 1 is 1.40 bits per heavy atom. The van der Waals surface area contributed by atoms with Crippen LogP contribution in [0.5, 0.6) is 0 Å². The molecule has 0 aliphatic carbocycles. The van der Waals surface area contributed by atoms with Crippen molar-refractivity contribution < 1.29 is 14.3 Å². The lowest BCUT2D eigenvalue weighted by Gasteiger charge is -2.15. The van der Waals surface area contributed by atoms with E-state index in [1.807, 2.05) is 28.5 Å². The summed E-state index contributed by atoms with van der Waals surface area (Å²) in [7, 11) is 3.89. The summed E-state index contributed by atoms with van der Waals surface area (Å²) in [6.45, 7) is 3.41. The first-order valence-electron chi connectivity index (χ1n) is 8.51. The molecule has 7 heteroatoms. The summed E-state index contributed by atoms with van der Waals surface area (Å²) in [5.74, 6) is 0.563. The van der Waals surface area contributed by atoms with Gasteiger partial charge in [-0.3, -0.25) is 9.59 Å². The van der Waals surface area contributed by atoms with Crippen molar-refractivity contribution in [3.05, 3.63) is 28.8 Å². The Morgan fingerprint density at radius 3 is 2.92 bits per heavy atom. The minimum atomic E-state index is -0.826. The van der Waals surface area contributed by atoms with Crippen molar-refractivity contribution in [2.45, 2.75) is 57.3 Å². The lowest BCUT2D eigenvalue weighted by molar-refractivity contribution is -0.153. The fourth-order valence-corrected chi connectivity index (χ4v) is 5.69. The van der Waals surface area contributed by atoms with E-state index in [2.05, 4.69) is 5.32 Å². The summed E-state index contributed by atoms with van der Waals surface area (Å²) >= 11 is 6.04. The lowest BCUT2D eigenvalue weighted by atomic mass is 10.1. The van der Waals surface area contributed by atoms with Crippen molar-refractivity contribution in [3.8, 4) is 0 Å². The van der Waals surface area contributed by atoms with Crippen LogP contribution in [0, 0.1) is 6.92 Å². The van der Waals surface area contributed by atoms with Crippen molar-refractivity contribution in [1.82, 2.24) is 0 Å². The highest BCUT2D eigenvalue weighted by Crippen LogP contribution is 2.39. The summed E-state index contributed by atoms with van der Waals surface area (Å²) in [4.78, 5) is 24.1. The number of nitrogens with one attached hydrogen (secondary N) is 1. The third-order valence-electron chi connectivity index (χ3n) is 4.09. The van der Waals surface area contributed by atoms with E-state index in [-0.39, 0.29) is 11.9 Å². The molecule has 138 valence electrons. The van der Waals surface area contributed by atoms with E-state index >= 15 is 0 Å². The number of hydrogen-bond donors (Lipinski definition) is 1. The first-order chi connectivity index (χ1) is 12.0. The molecule has 1 aromatic carbocycles. The number of rotatable bonds is 8. The van der Waals surface area contributed by atoms with E-state index in [1.165, 1.54) is 12.2 Å². The molecule has 1 heterocycles. The molecular formula is C18H24ClNO3S2. The zero-order valence-electron chi connectivity index (χ0n) is 14.5. The summed E-state index contributed by atoms with van der Waals surface area (Å²) in [6.07, 6.45) is 3.78. The predicted octanol–water partition coefficient (Wildman–Crippen LogP) is 5.23. The minimum absolute atomic E-state index is 0.320. The van der Waals surface area contributed by atoms with Crippen LogP contribution in [0.25, 0.3) is 0 Å². The van der Waals surface area contributed by atoms with Crippen LogP contribution in [0.3, 0.4) is 0 Å². The van der Waals surface area contributed by atoms with Gasteiger partial charge >= 0.3 is 5.97 Å². The number of amides is 1. The first kappa shape index (κ1) is 20.5. The van der Waals surface area contributed by atoms with Gasteiger partial charge in [-0.05, 0) is 50.8 Å². The van der Waals surface area contributed by atoms with Crippen molar-refractivity contribution in [2.75, 3.05) is 11.1 Å². The lowest BCUT2D eigenvalue weighted by Crippen LogP contribution is -2.30. The molecule has 2 rings (SSSR count). The number of anilines is 1. The van der Waals surface area contributed by atoms with Crippen LogP contribution in [0.15, 0.2) is 18.2 Å². The van der Waals surface area contributed by atoms with Crippen LogP contribution >= 0.6 is 33.2 Å². The largest absolute Gasteiger partial charge is 0.453 e. The molecule has 0 aromatic heterocycles. The number of ether oxygens (including phenoxy) is 1. The van der Waals surface area contributed by atoms with Crippen molar-refractivity contribution in [1.29, 1.82) is 0 Å². The molecule has 1 aliphatic rings. The zero-order valence-corrected chi connectivity index (χ0v) is 16.9. The standard InChI is InChI=1S/C18H24ClNO3S2/c1-12-15(19)7-5-8-16(12)20-18(22)13(2)23-17(21)9-4-3-6-14-10-11-24-25-14/h5,7-8,13-14H,3-4,6,9-11H2,1-2H3,(H,20,22)/t13-,14-/m0/s1. The van der Waals surface area contributed by atoms with Crippen LogP contribution in [0.4, 0.5) is 5.69 Å². The first-order valence-corrected chi connectivity index (χ1v) is 11.3. The molecule has 0 saturated carbocycles. The van der Waals surface area contributed by atoms with Gasteiger partial charge in [0.1, 0.15) is 0 Å². The second-order valence-electron chi connectivity index (χ2n) is 6.11. The fourth-order valence-electron chi connectivity index (χ4n) is 2.49. The second-order valence-corrected chi connectivity index (χ2v) is 9.30. The van der Waals surface area contributed by atoms with Crippen molar-refractivity contribution in [3.63, 3.8) is 0 Å². The Bertz CT molecular complexity index is 606. The van der Waals surface area contributed by atoms with E-state index in [0.717, 1.165) is 30.1 Å². The third-order valence-corrected chi connectivity index (χ3v) is 7.50. The monoisotopic (exact) mass is 401 g/mol. The number of carbonyl (C=O) groups is 2. The number of halogens is 1. The normalized spacial score (nSPS) is 18.0. The highest BCUT2D eigenvalue weighted by Gasteiger charge is 2.19. The molecule has 1 saturated heterocycles. The van der Waals surface area contributed by atoms with Crippen molar-refractivity contribution >= 4 is 50.8 Å². The third kappa shape index (κ3) is 6.76. The molecule has 1 N–H and O–H groups in total. The SMILES string of the molecule is Cc1c(Cl)cccc1NC(=O)[C@H](C)OC(=O)CCCC[C@H]1CCSS1. The maximum absolute atomic E-state index is 12.2. The minimum Gasteiger partial charge on any atom is -0.453 e. The van der Waals surface area contributed by atoms with E-state index in [1.54, 1.807) is 25.1 Å². The number of unbranched alkanes of at least 4 members (excludes halogenated alkanes) is 1. The average Bonchev–Trinajstić information content (AvgIpc) is 3.09. The Morgan fingerprint density at radius 2 is 2.20 bits per heavy atom. The van der Waals surface area contributed by atoms with Crippen molar-refractivity contribution in [2.24, 2.45) is 0 Å². The van der Waals surface area contributed by atoms with Gasteiger partial charge in [0.15, 0.2) is 6.10 Å². The molecule has 2 atom stereocenters. The van der Waals surface area contributed by atoms with E-state index in [9.17, 15) is 9.59 Å². The molecule has 0 spiro atoms. The van der Waals surface area contributed by atoms with Gasteiger partial charge in [-0.2, -0.15) is 0 Å².